The maximum Gasteiger partial charge on any atom is 0.130 e. The molecule has 2 aromatic carbocycles. The van der Waals surface area contributed by atoms with Crippen LogP contribution in [0.2, 0.25) is 0 Å². The lowest BCUT2D eigenvalue weighted by atomic mass is 10.1. The zero-order valence-electron chi connectivity index (χ0n) is 13.7. The number of halogens is 2. The van der Waals surface area contributed by atoms with Gasteiger partial charge in [-0.05, 0) is 107 Å². The number of hydrogen-bond acceptors (Lipinski definition) is 2. The Labute approximate surface area is 165 Å². The van der Waals surface area contributed by atoms with Gasteiger partial charge in [-0.1, -0.05) is 0 Å². The van der Waals surface area contributed by atoms with Crippen molar-refractivity contribution in [2.24, 2.45) is 4.99 Å². The first-order valence-electron chi connectivity index (χ1n) is 7.39. The maximum atomic E-state index is 6.06. The van der Waals surface area contributed by atoms with Crippen molar-refractivity contribution in [2.45, 2.75) is 20.8 Å². The Balaban J connectivity index is 2.25. The Morgan fingerprint density at radius 3 is 2.48 bits per heavy atom. The van der Waals surface area contributed by atoms with Crippen molar-refractivity contribution in [3.05, 3.63) is 48.6 Å². The van der Waals surface area contributed by atoms with Gasteiger partial charge in [0.2, 0.25) is 0 Å². The number of hydrogen-bond donors (Lipinski definition) is 0. The van der Waals surface area contributed by atoms with Gasteiger partial charge in [0.15, 0.2) is 0 Å². The molecule has 0 saturated carbocycles. The highest BCUT2D eigenvalue weighted by atomic mass is 127. The minimum Gasteiger partial charge on any atom is -0.457 e. The topological polar surface area (TPSA) is 24.8 Å². The highest BCUT2D eigenvalue weighted by molar-refractivity contribution is 14.1. The van der Waals surface area contributed by atoms with E-state index >= 15 is 0 Å². The molecule has 0 heterocycles. The molecule has 0 aliphatic heterocycles. The van der Waals surface area contributed by atoms with Gasteiger partial charge < -0.3 is 9.64 Å². The van der Waals surface area contributed by atoms with E-state index in [-0.39, 0.29) is 0 Å². The van der Waals surface area contributed by atoms with Crippen LogP contribution in [-0.4, -0.2) is 24.8 Å². The molecule has 0 aromatic heterocycles. The highest BCUT2D eigenvalue weighted by Gasteiger charge is 2.07. The van der Waals surface area contributed by atoms with Crippen molar-refractivity contribution in [1.82, 2.24) is 4.90 Å². The largest absolute Gasteiger partial charge is 0.457 e. The van der Waals surface area contributed by atoms with E-state index in [4.69, 9.17) is 4.74 Å². The fourth-order valence-corrected chi connectivity index (χ4v) is 2.76. The van der Waals surface area contributed by atoms with Crippen molar-refractivity contribution in [1.29, 1.82) is 0 Å². The fraction of sp³-hybridized carbons (Fsp3) is 0.278. The first-order valence-corrected chi connectivity index (χ1v) is 9.55. The highest BCUT2D eigenvalue weighted by Crippen LogP contribution is 2.32. The second kappa shape index (κ2) is 8.32. The number of benzene rings is 2. The molecular weight excluding hydrogens is 514 g/mol. The Kier molecular flexibility index (Phi) is 6.70. The smallest absolute Gasteiger partial charge is 0.130 e. The molecular formula is C18H20I2N2O. The first kappa shape index (κ1) is 18.5. The van der Waals surface area contributed by atoms with Crippen LogP contribution in [0.15, 0.2) is 35.3 Å². The number of nitrogens with zero attached hydrogens (tertiary/aromatic N) is 2. The van der Waals surface area contributed by atoms with E-state index in [0.717, 1.165) is 34.9 Å². The fourth-order valence-electron chi connectivity index (χ4n) is 1.93. The lowest BCUT2D eigenvalue weighted by Crippen LogP contribution is -2.14. The number of ether oxygens (including phenoxy) is 1. The van der Waals surface area contributed by atoms with E-state index in [2.05, 4.69) is 95.2 Å². The van der Waals surface area contributed by atoms with Crippen LogP contribution in [0.5, 0.6) is 11.5 Å². The predicted octanol–water partition coefficient (Wildman–Crippen LogP) is 5.92. The van der Waals surface area contributed by atoms with Crippen LogP contribution in [0.25, 0.3) is 0 Å². The number of rotatable bonds is 5. The van der Waals surface area contributed by atoms with Gasteiger partial charge in [0.25, 0.3) is 0 Å². The van der Waals surface area contributed by atoms with Gasteiger partial charge in [0, 0.05) is 20.7 Å². The van der Waals surface area contributed by atoms with Crippen molar-refractivity contribution in [3.63, 3.8) is 0 Å². The molecule has 5 heteroatoms. The minimum absolute atomic E-state index is 0.860. The summed E-state index contributed by atoms with van der Waals surface area (Å²) >= 11 is 4.65. The Morgan fingerprint density at radius 1 is 1.09 bits per heavy atom. The van der Waals surface area contributed by atoms with E-state index in [1.165, 1.54) is 7.14 Å². The summed E-state index contributed by atoms with van der Waals surface area (Å²) < 4.78 is 8.48. The van der Waals surface area contributed by atoms with E-state index in [1.54, 1.807) is 0 Å². The van der Waals surface area contributed by atoms with Crippen LogP contribution >= 0.6 is 45.2 Å². The Bertz CT molecular complexity index is 729. The summed E-state index contributed by atoms with van der Waals surface area (Å²) in [6.45, 7) is 7.15. The lowest BCUT2D eigenvalue weighted by molar-refractivity contribution is 0.478. The molecule has 2 aromatic rings. The quantitative estimate of drug-likeness (QED) is 0.271. The molecule has 122 valence electrons. The summed E-state index contributed by atoms with van der Waals surface area (Å²) in [5.74, 6) is 1.74. The molecule has 0 radical (unpaired) electrons. The Morgan fingerprint density at radius 2 is 1.83 bits per heavy atom. The van der Waals surface area contributed by atoms with Gasteiger partial charge >= 0.3 is 0 Å². The summed E-state index contributed by atoms with van der Waals surface area (Å²) in [5, 5.41) is 0. The average molecular weight is 534 g/mol. The molecule has 23 heavy (non-hydrogen) atoms. The molecule has 0 amide bonds. The second-order valence-corrected chi connectivity index (χ2v) is 7.72. The van der Waals surface area contributed by atoms with Crippen molar-refractivity contribution in [2.75, 3.05) is 13.6 Å². The van der Waals surface area contributed by atoms with Crippen LogP contribution < -0.4 is 4.74 Å². The molecule has 3 nitrogen and oxygen atoms in total. The third-order valence-corrected chi connectivity index (χ3v) is 6.37. The summed E-state index contributed by atoms with van der Waals surface area (Å²) in [6.07, 6.45) is 1.86. The van der Waals surface area contributed by atoms with Crippen LogP contribution in [0, 0.1) is 21.0 Å². The van der Waals surface area contributed by atoms with E-state index in [1.807, 2.05) is 24.4 Å². The summed E-state index contributed by atoms with van der Waals surface area (Å²) in [7, 11) is 2.02. The van der Waals surface area contributed by atoms with Gasteiger partial charge in [-0.2, -0.15) is 0 Å². The first-order chi connectivity index (χ1) is 10.9. The van der Waals surface area contributed by atoms with Gasteiger partial charge in [-0.15, -0.1) is 0 Å². The maximum absolute atomic E-state index is 6.06. The normalized spacial score (nSPS) is 11.0. The monoisotopic (exact) mass is 534 g/mol. The average Bonchev–Trinajstić information content (AvgIpc) is 2.52. The summed E-state index contributed by atoms with van der Waals surface area (Å²) in [6, 6.07) is 10.3. The van der Waals surface area contributed by atoms with Crippen LogP contribution in [0.3, 0.4) is 0 Å². The summed E-state index contributed by atoms with van der Waals surface area (Å²) in [5.41, 5.74) is 3.16. The van der Waals surface area contributed by atoms with E-state index < -0.39 is 0 Å². The van der Waals surface area contributed by atoms with Crippen LogP contribution in [-0.2, 0) is 0 Å². The predicted molar refractivity (Wildman–Crippen MR) is 114 cm³/mol. The summed E-state index contributed by atoms with van der Waals surface area (Å²) in [4.78, 5) is 6.60. The van der Waals surface area contributed by atoms with Gasteiger partial charge in [-0.25, -0.2) is 4.99 Å². The zero-order valence-corrected chi connectivity index (χ0v) is 18.0. The van der Waals surface area contributed by atoms with Gasteiger partial charge in [0.05, 0.1) is 12.0 Å². The zero-order chi connectivity index (χ0) is 17.0. The third-order valence-electron chi connectivity index (χ3n) is 3.51. The van der Waals surface area contributed by atoms with Crippen LogP contribution in [0.1, 0.15) is 18.1 Å². The lowest BCUT2D eigenvalue weighted by Gasteiger charge is -2.13. The second-order valence-electron chi connectivity index (χ2n) is 5.40. The molecule has 0 bridgehead atoms. The molecule has 2 rings (SSSR count). The SMILES string of the molecule is CCN(C)/C=N/c1cc(C)c(Oc2ccc(I)c(I)c2)cc1C. The molecule has 0 aliphatic carbocycles. The molecule has 0 saturated heterocycles. The molecule has 0 fully saturated rings. The van der Waals surface area contributed by atoms with Crippen molar-refractivity contribution >= 4 is 57.2 Å². The number of aliphatic imine (C=N–C) groups is 1. The molecule has 0 N–H and O–H groups in total. The standard InChI is InChI=1S/C18H20I2N2O/c1-5-22(4)11-21-17-8-13(3)18(9-12(17)2)23-14-6-7-15(19)16(20)10-14/h6-11H,5H2,1-4H3/b21-11+. The Hall–Kier alpha value is -0.830. The van der Waals surface area contributed by atoms with Crippen molar-refractivity contribution < 1.29 is 4.74 Å². The number of aryl methyl sites for hydroxylation is 2. The van der Waals surface area contributed by atoms with Gasteiger partial charge in [-0.3, -0.25) is 0 Å². The van der Waals surface area contributed by atoms with Crippen LogP contribution in [0.4, 0.5) is 5.69 Å². The molecule has 0 spiro atoms. The molecule has 0 unspecified atom stereocenters. The van der Waals surface area contributed by atoms with Gasteiger partial charge in [0.1, 0.15) is 11.5 Å². The third kappa shape index (κ3) is 5.07. The molecule has 0 aliphatic rings. The van der Waals surface area contributed by atoms with E-state index in [0.29, 0.717) is 0 Å². The molecule has 0 atom stereocenters. The van der Waals surface area contributed by atoms with E-state index in [9.17, 15) is 0 Å². The minimum atomic E-state index is 0.860. The van der Waals surface area contributed by atoms with Crippen molar-refractivity contribution in [3.8, 4) is 11.5 Å².